The number of hydrogen-bond acceptors (Lipinski definition) is 9. The molecule has 0 aliphatic carbocycles. The molecular formula is C31H34ClN7O4. The first kappa shape index (κ1) is 31.3. The summed E-state index contributed by atoms with van der Waals surface area (Å²) < 4.78 is 14.2. The molecule has 1 unspecified atom stereocenters. The van der Waals surface area contributed by atoms with Gasteiger partial charge in [-0.15, -0.1) is 0 Å². The van der Waals surface area contributed by atoms with Gasteiger partial charge in [0.15, 0.2) is 5.69 Å². The molecule has 0 spiro atoms. The van der Waals surface area contributed by atoms with Gasteiger partial charge < -0.3 is 18.9 Å². The van der Waals surface area contributed by atoms with Gasteiger partial charge >= 0.3 is 5.97 Å². The average Bonchev–Trinajstić information content (AvgIpc) is 3.38. The first-order valence-corrected chi connectivity index (χ1v) is 14.1. The van der Waals surface area contributed by atoms with Crippen LogP contribution in [0.15, 0.2) is 47.5 Å². The van der Waals surface area contributed by atoms with Crippen LogP contribution in [0.2, 0.25) is 5.02 Å². The van der Waals surface area contributed by atoms with Crippen LogP contribution >= 0.6 is 11.6 Å². The van der Waals surface area contributed by atoms with Crippen molar-refractivity contribution in [3.63, 3.8) is 0 Å². The maximum Gasteiger partial charge on any atom is 0.359 e. The Balaban J connectivity index is 2.08. The Morgan fingerprint density at radius 2 is 1.91 bits per heavy atom. The van der Waals surface area contributed by atoms with Gasteiger partial charge in [0, 0.05) is 44.4 Å². The lowest BCUT2D eigenvalue weighted by molar-refractivity contribution is 0.0517. The Hall–Kier alpha value is -4.69. The van der Waals surface area contributed by atoms with E-state index in [1.807, 2.05) is 40.1 Å². The van der Waals surface area contributed by atoms with E-state index in [1.165, 1.54) is 11.7 Å². The summed E-state index contributed by atoms with van der Waals surface area (Å²) in [7, 11) is 6.79. The van der Waals surface area contributed by atoms with Crippen molar-refractivity contribution in [2.24, 2.45) is 7.05 Å². The van der Waals surface area contributed by atoms with Gasteiger partial charge in [-0.1, -0.05) is 37.6 Å². The molecule has 3 heterocycles. The summed E-state index contributed by atoms with van der Waals surface area (Å²) in [5.74, 6) is -0.606. The fraction of sp³-hybridized carbons (Fsp3) is 0.355. The third-order valence-corrected chi connectivity index (χ3v) is 7.16. The second-order valence-electron chi connectivity index (χ2n) is 10.5. The maximum atomic E-state index is 13.5. The van der Waals surface area contributed by atoms with Gasteiger partial charge in [-0.2, -0.15) is 15.3 Å². The van der Waals surface area contributed by atoms with Gasteiger partial charge in [0.25, 0.3) is 5.56 Å². The molecule has 0 saturated carbocycles. The summed E-state index contributed by atoms with van der Waals surface area (Å²) in [5, 5.41) is 14.6. The Bertz CT molecular complexity index is 1740. The zero-order valence-corrected chi connectivity index (χ0v) is 26.0. The molecule has 0 bridgehead atoms. The summed E-state index contributed by atoms with van der Waals surface area (Å²) >= 11 is 6.38. The standard InChI is InChI=1S/C31H34ClN7O4/c1-8-43-30(41)26-25(27(18(2)3)39(36-26)24-16-34-31(37(4)5)35-28(24)42-7)23(20-11-9-19(15-33)10-12-20)14-21-13-22(32)17-38(6)29(21)40/h9-13,16-18,23H,8,14H2,1-7H3. The number of carbonyl (C=O) groups is 1. The predicted octanol–water partition coefficient (Wildman–Crippen LogP) is 4.64. The number of benzene rings is 1. The van der Waals surface area contributed by atoms with E-state index in [9.17, 15) is 14.9 Å². The summed E-state index contributed by atoms with van der Waals surface area (Å²) in [4.78, 5) is 37.6. The average molecular weight is 604 g/mol. The minimum absolute atomic E-state index is 0.0949. The van der Waals surface area contributed by atoms with E-state index < -0.39 is 11.9 Å². The lowest BCUT2D eigenvalue weighted by atomic mass is 9.82. The maximum absolute atomic E-state index is 13.5. The molecule has 4 rings (SSSR count). The zero-order chi connectivity index (χ0) is 31.4. The van der Waals surface area contributed by atoms with Crippen molar-refractivity contribution in [1.29, 1.82) is 5.26 Å². The second-order valence-corrected chi connectivity index (χ2v) is 10.9. The molecule has 0 N–H and O–H groups in total. The Morgan fingerprint density at radius 1 is 1.21 bits per heavy atom. The predicted molar refractivity (Wildman–Crippen MR) is 163 cm³/mol. The first-order chi connectivity index (χ1) is 20.5. The highest BCUT2D eigenvalue weighted by Gasteiger charge is 2.34. The Morgan fingerprint density at radius 3 is 2.49 bits per heavy atom. The first-order valence-electron chi connectivity index (χ1n) is 13.7. The number of carbonyl (C=O) groups excluding carboxylic acids is 1. The molecule has 43 heavy (non-hydrogen) atoms. The molecule has 0 saturated heterocycles. The zero-order valence-electron chi connectivity index (χ0n) is 25.3. The summed E-state index contributed by atoms with van der Waals surface area (Å²) in [6, 6.07) is 10.8. The van der Waals surface area contributed by atoms with Crippen molar-refractivity contribution >= 4 is 23.5 Å². The summed E-state index contributed by atoms with van der Waals surface area (Å²) in [6.07, 6.45) is 3.35. The molecule has 224 valence electrons. The molecule has 3 aromatic heterocycles. The van der Waals surface area contributed by atoms with E-state index in [1.54, 1.807) is 54.1 Å². The number of nitrogens with zero attached hydrogens (tertiary/aromatic N) is 7. The van der Waals surface area contributed by atoms with Crippen molar-refractivity contribution in [3.8, 4) is 17.6 Å². The van der Waals surface area contributed by atoms with E-state index in [2.05, 4.69) is 16.0 Å². The molecular weight excluding hydrogens is 570 g/mol. The van der Waals surface area contributed by atoms with Crippen molar-refractivity contribution in [1.82, 2.24) is 24.3 Å². The number of anilines is 1. The third kappa shape index (κ3) is 6.39. The molecule has 1 atom stereocenters. The number of nitriles is 1. The fourth-order valence-electron chi connectivity index (χ4n) is 5.02. The van der Waals surface area contributed by atoms with Crippen LogP contribution in [-0.2, 0) is 18.2 Å². The number of halogens is 1. The van der Waals surface area contributed by atoms with Gasteiger partial charge in [-0.25, -0.2) is 14.5 Å². The largest absolute Gasteiger partial charge is 0.479 e. The number of hydrogen-bond donors (Lipinski definition) is 0. The molecule has 11 nitrogen and oxygen atoms in total. The molecule has 1 aromatic carbocycles. The van der Waals surface area contributed by atoms with Crippen LogP contribution in [0.5, 0.6) is 5.88 Å². The van der Waals surface area contributed by atoms with Gasteiger partial charge in [0.2, 0.25) is 11.8 Å². The number of ether oxygens (including phenoxy) is 2. The number of methoxy groups -OCH3 is 1. The smallest absolute Gasteiger partial charge is 0.359 e. The molecule has 0 aliphatic heterocycles. The van der Waals surface area contributed by atoms with Crippen LogP contribution in [0.3, 0.4) is 0 Å². The molecule has 0 radical (unpaired) electrons. The highest BCUT2D eigenvalue weighted by atomic mass is 35.5. The van der Waals surface area contributed by atoms with Gasteiger partial charge in [-0.05, 0) is 43.0 Å². The topological polar surface area (TPSA) is 128 Å². The van der Waals surface area contributed by atoms with Crippen LogP contribution < -0.4 is 15.2 Å². The Kier molecular flexibility index (Phi) is 9.51. The molecule has 0 aliphatic rings. The minimum atomic E-state index is -0.611. The monoisotopic (exact) mass is 603 g/mol. The van der Waals surface area contributed by atoms with Crippen LogP contribution in [0.25, 0.3) is 5.69 Å². The second kappa shape index (κ2) is 13.1. The number of pyridine rings is 1. The summed E-state index contributed by atoms with van der Waals surface area (Å²) in [6.45, 7) is 5.84. The lowest BCUT2D eigenvalue weighted by Crippen LogP contribution is -2.23. The van der Waals surface area contributed by atoms with E-state index >= 15 is 0 Å². The Labute approximate surface area is 255 Å². The van der Waals surface area contributed by atoms with Crippen molar-refractivity contribution < 1.29 is 14.3 Å². The fourth-order valence-corrected chi connectivity index (χ4v) is 5.29. The lowest BCUT2D eigenvalue weighted by Gasteiger charge is -2.22. The molecule has 0 amide bonds. The minimum Gasteiger partial charge on any atom is -0.479 e. The number of rotatable bonds is 10. The number of aromatic nitrogens is 5. The SMILES string of the molecule is CCOC(=O)c1nn(-c2cnc(N(C)C)nc2OC)c(C(C)C)c1C(Cc1cc(Cl)cn(C)c1=O)c1ccc(C#N)cc1. The van der Waals surface area contributed by atoms with Crippen LogP contribution in [0.1, 0.15) is 71.0 Å². The molecule has 4 aromatic rings. The highest BCUT2D eigenvalue weighted by Crippen LogP contribution is 2.39. The van der Waals surface area contributed by atoms with E-state index in [0.717, 1.165) is 5.56 Å². The quantitative estimate of drug-likeness (QED) is 0.238. The van der Waals surface area contributed by atoms with Gasteiger partial charge in [0.1, 0.15) is 5.69 Å². The van der Waals surface area contributed by atoms with Crippen molar-refractivity contribution in [2.45, 2.75) is 39.0 Å². The van der Waals surface area contributed by atoms with Crippen molar-refractivity contribution in [2.75, 3.05) is 32.7 Å². The number of aryl methyl sites for hydroxylation is 1. The third-order valence-electron chi connectivity index (χ3n) is 6.96. The van der Waals surface area contributed by atoms with Crippen LogP contribution in [-0.4, -0.2) is 58.1 Å². The van der Waals surface area contributed by atoms with E-state index in [-0.39, 0.29) is 36.1 Å². The van der Waals surface area contributed by atoms with E-state index in [0.29, 0.717) is 39.0 Å². The number of esters is 1. The molecule has 12 heteroatoms. The van der Waals surface area contributed by atoms with Crippen LogP contribution in [0.4, 0.5) is 5.95 Å². The van der Waals surface area contributed by atoms with Crippen LogP contribution in [0, 0.1) is 11.3 Å². The molecule has 0 fully saturated rings. The van der Waals surface area contributed by atoms with Gasteiger partial charge in [0.05, 0.1) is 42.3 Å². The van der Waals surface area contributed by atoms with Gasteiger partial charge in [-0.3, -0.25) is 4.79 Å². The van der Waals surface area contributed by atoms with Crippen molar-refractivity contribution in [3.05, 3.63) is 91.7 Å². The van der Waals surface area contributed by atoms with E-state index in [4.69, 9.17) is 26.2 Å². The highest BCUT2D eigenvalue weighted by molar-refractivity contribution is 6.30. The normalized spacial score (nSPS) is 11.7. The summed E-state index contributed by atoms with van der Waals surface area (Å²) in [5.41, 5.74) is 3.30.